The molecule has 1 fully saturated rings. The molecule has 0 atom stereocenters. The van der Waals surface area contributed by atoms with E-state index in [-0.39, 0.29) is 0 Å². The van der Waals surface area contributed by atoms with Gasteiger partial charge in [-0.05, 0) is 62.2 Å². The highest BCUT2D eigenvalue weighted by molar-refractivity contribution is 5.62. The largest absolute Gasteiger partial charge is 0.464 e. The zero-order valence-electron chi connectivity index (χ0n) is 9.48. The van der Waals surface area contributed by atoms with Crippen LogP contribution in [-0.2, 0) is 6.42 Å². The predicted molar refractivity (Wildman–Crippen MR) is 64.7 cm³/mol. The lowest BCUT2D eigenvalue weighted by atomic mass is 10.2. The van der Waals surface area contributed by atoms with E-state index in [1.165, 1.54) is 43.6 Å². The van der Waals surface area contributed by atoms with Crippen molar-refractivity contribution in [3.8, 4) is 11.3 Å². The Balaban J connectivity index is 1.68. The first-order valence-electron chi connectivity index (χ1n) is 6.10. The van der Waals surface area contributed by atoms with Crippen molar-refractivity contribution in [3.05, 3.63) is 36.1 Å². The summed E-state index contributed by atoms with van der Waals surface area (Å²) in [5.41, 5.74) is 2.62. The summed E-state index contributed by atoms with van der Waals surface area (Å²) in [6.45, 7) is 3.76. The van der Waals surface area contributed by atoms with Crippen molar-refractivity contribution in [1.82, 2.24) is 4.90 Å². The maximum atomic E-state index is 5.45. The van der Waals surface area contributed by atoms with Crippen LogP contribution < -0.4 is 0 Å². The first kappa shape index (κ1) is 9.91. The highest BCUT2D eigenvalue weighted by Gasteiger charge is 2.12. The van der Waals surface area contributed by atoms with Crippen molar-refractivity contribution in [2.75, 3.05) is 19.6 Å². The summed E-state index contributed by atoms with van der Waals surface area (Å²) < 4.78 is 5.45. The highest BCUT2D eigenvalue weighted by atomic mass is 16.3. The van der Waals surface area contributed by atoms with E-state index < -0.39 is 0 Å². The van der Waals surface area contributed by atoms with Crippen LogP contribution in [-0.4, -0.2) is 24.5 Å². The molecule has 1 saturated heterocycles. The van der Waals surface area contributed by atoms with Gasteiger partial charge in [0.15, 0.2) is 0 Å². The van der Waals surface area contributed by atoms with E-state index in [2.05, 4.69) is 23.1 Å². The van der Waals surface area contributed by atoms with Gasteiger partial charge in [-0.25, -0.2) is 0 Å². The second kappa shape index (κ2) is 4.30. The molecule has 2 aliphatic heterocycles. The lowest BCUT2D eigenvalue weighted by Gasteiger charge is -2.13. The summed E-state index contributed by atoms with van der Waals surface area (Å²) in [6.07, 6.45) is 5.63. The molecule has 0 amide bonds. The van der Waals surface area contributed by atoms with Gasteiger partial charge in [0.2, 0.25) is 0 Å². The molecule has 2 heterocycles. The zero-order chi connectivity index (χ0) is 10.8. The van der Waals surface area contributed by atoms with Crippen LogP contribution in [0.5, 0.6) is 0 Å². The van der Waals surface area contributed by atoms with Crippen LogP contribution in [0, 0.1) is 0 Å². The summed E-state index contributed by atoms with van der Waals surface area (Å²) in [5.74, 6) is 1.01. The van der Waals surface area contributed by atoms with Crippen molar-refractivity contribution >= 4 is 0 Å². The Morgan fingerprint density at radius 1 is 1.19 bits per heavy atom. The number of likely N-dealkylation sites (tertiary alicyclic amines) is 1. The maximum Gasteiger partial charge on any atom is 0.134 e. The van der Waals surface area contributed by atoms with Crippen LogP contribution >= 0.6 is 0 Å². The summed E-state index contributed by atoms with van der Waals surface area (Å²) in [6, 6.07) is 8.48. The number of hydrogen-bond donors (Lipinski definition) is 0. The lowest BCUT2D eigenvalue weighted by molar-refractivity contribution is 0.343. The molecular formula is C14H17NO. The van der Waals surface area contributed by atoms with Crippen LogP contribution in [0.4, 0.5) is 0 Å². The van der Waals surface area contributed by atoms with E-state index >= 15 is 0 Å². The Morgan fingerprint density at radius 2 is 2.06 bits per heavy atom. The van der Waals surface area contributed by atoms with Crippen molar-refractivity contribution in [3.63, 3.8) is 0 Å². The smallest absolute Gasteiger partial charge is 0.134 e. The van der Waals surface area contributed by atoms with Crippen molar-refractivity contribution in [2.24, 2.45) is 0 Å². The lowest BCUT2D eigenvalue weighted by Crippen LogP contribution is -2.21. The van der Waals surface area contributed by atoms with Crippen LogP contribution in [0.15, 0.2) is 34.9 Å². The Hall–Kier alpha value is -1.28. The maximum absolute atomic E-state index is 5.45. The minimum absolute atomic E-state index is 1.01. The van der Waals surface area contributed by atoms with E-state index in [1.54, 1.807) is 6.26 Å². The molecule has 0 bridgehead atoms. The van der Waals surface area contributed by atoms with Gasteiger partial charge in [0.05, 0.1) is 6.26 Å². The van der Waals surface area contributed by atoms with Gasteiger partial charge in [-0.3, -0.25) is 0 Å². The molecule has 2 nitrogen and oxygen atoms in total. The average Bonchev–Trinajstić information content (AvgIpc) is 2.95. The summed E-state index contributed by atoms with van der Waals surface area (Å²) >= 11 is 0. The third-order valence-corrected chi connectivity index (χ3v) is 3.41. The van der Waals surface area contributed by atoms with Gasteiger partial charge < -0.3 is 9.32 Å². The van der Waals surface area contributed by atoms with Crippen LogP contribution in [0.25, 0.3) is 11.3 Å². The molecule has 16 heavy (non-hydrogen) atoms. The van der Waals surface area contributed by atoms with Gasteiger partial charge >= 0.3 is 0 Å². The molecule has 0 spiro atoms. The molecule has 0 N–H and O–H groups in total. The molecule has 3 aliphatic rings. The molecule has 84 valence electrons. The van der Waals surface area contributed by atoms with Gasteiger partial charge in [0.1, 0.15) is 5.76 Å². The van der Waals surface area contributed by atoms with Gasteiger partial charge in [-0.2, -0.15) is 0 Å². The minimum Gasteiger partial charge on any atom is -0.464 e. The van der Waals surface area contributed by atoms with Crippen LogP contribution in [0.3, 0.4) is 0 Å². The Kier molecular flexibility index (Phi) is 2.66. The number of rotatable bonds is 3. The fourth-order valence-corrected chi connectivity index (χ4v) is 2.49. The van der Waals surface area contributed by atoms with Gasteiger partial charge in [-0.15, -0.1) is 0 Å². The first-order chi connectivity index (χ1) is 7.92. The summed E-state index contributed by atoms with van der Waals surface area (Å²) in [5, 5.41) is 0. The molecule has 2 heteroatoms. The Morgan fingerprint density at radius 3 is 2.88 bits per heavy atom. The number of nitrogens with zero attached hydrogens (tertiary/aromatic N) is 1. The molecule has 0 aromatic rings. The van der Waals surface area contributed by atoms with Gasteiger partial charge in [-0.1, -0.05) is 0 Å². The minimum atomic E-state index is 1.01. The average molecular weight is 215 g/mol. The molecule has 0 saturated carbocycles. The SMILES string of the molecule is c1coc2cc(CCN3CCCC3)cc-2c1. The van der Waals surface area contributed by atoms with E-state index in [1.807, 2.05) is 6.07 Å². The first-order valence-corrected chi connectivity index (χ1v) is 6.10. The highest BCUT2D eigenvalue weighted by Crippen LogP contribution is 2.25. The number of fused-ring (bicyclic) bond motifs is 1. The molecule has 0 aromatic carbocycles. The molecule has 0 radical (unpaired) electrons. The quantitative estimate of drug-likeness (QED) is 0.782. The van der Waals surface area contributed by atoms with Crippen LogP contribution in [0.2, 0.25) is 0 Å². The standard InChI is InChI=1S/C14H17NO/c1-2-7-15(6-1)8-5-12-10-13-4-3-9-16-14(13)11-12/h3-4,9-11H,1-2,5-8H2. The number of hydrogen-bond acceptors (Lipinski definition) is 2. The fourth-order valence-electron chi connectivity index (χ4n) is 2.49. The van der Waals surface area contributed by atoms with Crippen molar-refractivity contribution < 1.29 is 4.42 Å². The van der Waals surface area contributed by atoms with E-state index in [4.69, 9.17) is 4.42 Å². The summed E-state index contributed by atoms with van der Waals surface area (Å²) in [4.78, 5) is 2.55. The van der Waals surface area contributed by atoms with Crippen LogP contribution in [0.1, 0.15) is 18.4 Å². The van der Waals surface area contributed by atoms with E-state index in [0.717, 1.165) is 12.2 Å². The fraction of sp³-hybridized carbons (Fsp3) is 0.429. The molecule has 0 unspecified atom stereocenters. The molecule has 0 aromatic heterocycles. The Bertz CT molecular complexity index is 398. The normalized spacial score (nSPS) is 17.2. The second-order valence-electron chi connectivity index (χ2n) is 4.59. The third kappa shape index (κ3) is 1.98. The molecule has 3 rings (SSSR count). The van der Waals surface area contributed by atoms with Gasteiger partial charge in [0.25, 0.3) is 0 Å². The van der Waals surface area contributed by atoms with Crippen molar-refractivity contribution in [1.29, 1.82) is 0 Å². The molecular weight excluding hydrogens is 198 g/mol. The second-order valence-corrected chi connectivity index (χ2v) is 4.59. The monoisotopic (exact) mass is 215 g/mol. The van der Waals surface area contributed by atoms with Gasteiger partial charge in [0, 0.05) is 12.1 Å². The zero-order valence-corrected chi connectivity index (χ0v) is 9.48. The van der Waals surface area contributed by atoms with E-state index in [9.17, 15) is 0 Å². The third-order valence-electron chi connectivity index (χ3n) is 3.41. The molecule has 1 aliphatic carbocycles. The summed E-state index contributed by atoms with van der Waals surface area (Å²) in [7, 11) is 0. The Labute approximate surface area is 96.2 Å². The van der Waals surface area contributed by atoms with Crippen molar-refractivity contribution in [2.45, 2.75) is 19.3 Å². The van der Waals surface area contributed by atoms with E-state index in [0.29, 0.717) is 0 Å². The predicted octanol–water partition coefficient (Wildman–Crippen LogP) is 3.02. The topological polar surface area (TPSA) is 16.4 Å².